The van der Waals surface area contributed by atoms with Crippen molar-refractivity contribution in [3.05, 3.63) is 78.1 Å². The highest BCUT2D eigenvalue weighted by Crippen LogP contribution is 2.41. The number of rotatable bonds is 11. The number of sulfonamides is 1. The number of nitrogens with one attached hydrogen (secondary N) is 1. The third kappa shape index (κ3) is 6.93. The van der Waals surface area contributed by atoms with E-state index in [1.807, 2.05) is 20.8 Å². The lowest BCUT2D eigenvalue weighted by Gasteiger charge is -2.20. The first-order chi connectivity index (χ1) is 19.9. The first-order valence-electron chi connectivity index (χ1n) is 12.7. The SMILES string of the molecule is COc1ccccc1Oc1c(NS(=O)(=O)c2ccc(C(C)(C)C)cc2)nc(-c2ccnc(C(=O)O)c2)nc1OCCO. The number of carboxylic acid groups (broad SMARTS) is 1. The van der Waals surface area contributed by atoms with Gasteiger partial charge in [-0.1, -0.05) is 45.0 Å². The molecule has 0 saturated heterocycles. The average Bonchev–Trinajstić information content (AvgIpc) is 2.97. The molecule has 42 heavy (non-hydrogen) atoms. The molecule has 0 atom stereocenters. The normalized spacial score (nSPS) is 11.5. The lowest BCUT2D eigenvalue weighted by Crippen LogP contribution is -2.17. The van der Waals surface area contributed by atoms with Crippen molar-refractivity contribution in [1.29, 1.82) is 0 Å². The van der Waals surface area contributed by atoms with E-state index < -0.39 is 16.0 Å². The van der Waals surface area contributed by atoms with Crippen LogP contribution in [0.25, 0.3) is 11.4 Å². The molecule has 0 aliphatic heterocycles. The topological polar surface area (TPSA) is 170 Å². The van der Waals surface area contributed by atoms with Gasteiger partial charge in [0.05, 0.1) is 18.6 Å². The first kappa shape index (κ1) is 30.2. The fraction of sp³-hybridized carbons (Fsp3) is 0.241. The molecular weight excluding hydrogens is 564 g/mol. The molecule has 3 N–H and O–H groups in total. The van der Waals surface area contributed by atoms with E-state index in [1.165, 1.54) is 37.6 Å². The Labute approximate surface area is 243 Å². The van der Waals surface area contributed by atoms with Crippen LogP contribution in [0.5, 0.6) is 23.1 Å². The maximum Gasteiger partial charge on any atom is 0.354 e. The molecule has 2 aromatic carbocycles. The molecule has 0 aliphatic rings. The fourth-order valence-electron chi connectivity index (χ4n) is 3.78. The van der Waals surface area contributed by atoms with Crippen LogP contribution in [0.4, 0.5) is 5.82 Å². The summed E-state index contributed by atoms with van der Waals surface area (Å²) in [6.45, 7) is 5.45. The van der Waals surface area contributed by atoms with Crippen molar-refractivity contribution in [3.8, 4) is 34.5 Å². The fourth-order valence-corrected chi connectivity index (χ4v) is 4.79. The summed E-state index contributed by atoms with van der Waals surface area (Å²) in [4.78, 5) is 24.1. The number of hydrogen-bond acceptors (Lipinski definition) is 10. The summed E-state index contributed by atoms with van der Waals surface area (Å²) in [5.41, 5.74) is 0.697. The number of benzene rings is 2. The molecule has 0 bridgehead atoms. The number of methoxy groups -OCH3 is 1. The summed E-state index contributed by atoms with van der Waals surface area (Å²) in [7, 11) is -2.78. The monoisotopic (exact) mass is 594 g/mol. The van der Waals surface area contributed by atoms with Gasteiger partial charge in [-0.05, 0) is 47.4 Å². The molecule has 0 radical (unpaired) electrons. The van der Waals surface area contributed by atoms with Crippen LogP contribution in [0, 0.1) is 0 Å². The number of aliphatic hydroxyl groups excluding tert-OH is 1. The molecule has 0 amide bonds. The van der Waals surface area contributed by atoms with Crippen molar-refractivity contribution in [2.45, 2.75) is 31.1 Å². The number of ether oxygens (including phenoxy) is 3. The van der Waals surface area contributed by atoms with Crippen LogP contribution < -0.4 is 18.9 Å². The van der Waals surface area contributed by atoms with Crippen molar-refractivity contribution in [2.24, 2.45) is 0 Å². The molecule has 0 fully saturated rings. The Bertz CT molecular complexity index is 1690. The highest BCUT2D eigenvalue weighted by Gasteiger charge is 2.26. The predicted octanol–water partition coefficient (Wildman–Crippen LogP) is 4.51. The molecular formula is C29H30N4O8S. The Morgan fingerprint density at radius 3 is 2.31 bits per heavy atom. The maximum atomic E-state index is 13.6. The third-order valence-electron chi connectivity index (χ3n) is 5.94. The van der Waals surface area contributed by atoms with Crippen molar-refractivity contribution in [2.75, 3.05) is 25.0 Å². The molecule has 220 valence electrons. The zero-order valence-corrected chi connectivity index (χ0v) is 24.2. The lowest BCUT2D eigenvalue weighted by atomic mass is 9.87. The molecule has 0 saturated carbocycles. The number of para-hydroxylation sites is 2. The Balaban J connectivity index is 1.89. The minimum absolute atomic E-state index is 0.0335. The molecule has 12 nitrogen and oxygen atoms in total. The van der Waals surface area contributed by atoms with Gasteiger partial charge in [-0.2, -0.15) is 4.98 Å². The Morgan fingerprint density at radius 2 is 1.69 bits per heavy atom. The van der Waals surface area contributed by atoms with Crippen LogP contribution in [-0.4, -0.2) is 59.9 Å². The van der Waals surface area contributed by atoms with Crippen LogP contribution in [0.2, 0.25) is 0 Å². The van der Waals surface area contributed by atoms with Crippen LogP contribution in [0.3, 0.4) is 0 Å². The first-order valence-corrected chi connectivity index (χ1v) is 14.2. The number of aliphatic hydroxyl groups is 1. The van der Waals surface area contributed by atoms with E-state index >= 15 is 0 Å². The van der Waals surface area contributed by atoms with Gasteiger partial charge in [0, 0.05) is 11.8 Å². The number of hydrogen-bond donors (Lipinski definition) is 3. The maximum absolute atomic E-state index is 13.6. The molecule has 13 heteroatoms. The molecule has 4 rings (SSSR count). The quantitative estimate of drug-likeness (QED) is 0.223. The molecule has 0 aliphatic carbocycles. The molecule has 4 aromatic rings. The smallest absolute Gasteiger partial charge is 0.354 e. The van der Waals surface area contributed by atoms with Crippen LogP contribution in [0.15, 0.2) is 71.8 Å². The highest BCUT2D eigenvalue weighted by atomic mass is 32.2. The van der Waals surface area contributed by atoms with E-state index in [1.54, 1.807) is 36.4 Å². The second-order valence-electron chi connectivity index (χ2n) is 9.97. The Hall–Kier alpha value is -4.75. The van der Waals surface area contributed by atoms with Gasteiger partial charge >= 0.3 is 5.97 Å². The van der Waals surface area contributed by atoms with E-state index in [4.69, 9.17) is 14.2 Å². The van der Waals surface area contributed by atoms with Crippen molar-refractivity contribution >= 4 is 21.8 Å². The molecule has 0 spiro atoms. The lowest BCUT2D eigenvalue weighted by molar-refractivity contribution is 0.0690. The standard InChI is InChI=1S/C29H30N4O8S/c1-29(2,3)19-9-11-20(12-10-19)42(37,38)33-26-24(41-23-8-6-5-7-22(23)39-4)27(40-16-15-34)32-25(31-26)18-13-14-30-21(17-18)28(35)36/h5-14,17,34H,15-16H2,1-4H3,(H,35,36)(H,31,32,33). The van der Waals surface area contributed by atoms with Gasteiger partial charge in [0.1, 0.15) is 12.3 Å². The number of nitrogens with zero attached hydrogens (tertiary/aromatic N) is 3. The third-order valence-corrected chi connectivity index (χ3v) is 7.30. The van der Waals surface area contributed by atoms with Crippen LogP contribution in [-0.2, 0) is 15.4 Å². The van der Waals surface area contributed by atoms with Crippen LogP contribution in [0.1, 0.15) is 36.8 Å². The zero-order valence-electron chi connectivity index (χ0n) is 23.4. The minimum atomic E-state index is -4.23. The zero-order chi connectivity index (χ0) is 30.5. The number of carbonyl (C=O) groups is 1. The van der Waals surface area contributed by atoms with Gasteiger partial charge in [0.25, 0.3) is 15.9 Å². The summed E-state index contributed by atoms with van der Waals surface area (Å²) >= 11 is 0. The number of pyridine rings is 1. The Kier molecular flexibility index (Phi) is 8.93. The average molecular weight is 595 g/mol. The predicted molar refractivity (Wildman–Crippen MR) is 154 cm³/mol. The summed E-state index contributed by atoms with van der Waals surface area (Å²) in [6.07, 6.45) is 1.26. The van der Waals surface area contributed by atoms with Gasteiger partial charge in [0.15, 0.2) is 23.1 Å². The summed E-state index contributed by atoms with van der Waals surface area (Å²) in [6, 6.07) is 15.8. The van der Waals surface area contributed by atoms with E-state index in [9.17, 15) is 23.4 Å². The van der Waals surface area contributed by atoms with Crippen molar-refractivity contribution < 1.29 is 37.6 Å². The van der Waals surface area contributed by atoms with E-state index in [0.29, 0.717) is 5.75 Å². The second-order valence-corrected chi connectivity index (χ2v) is 11.7. The summed E-state index contributed by atoms with van der Waals surface area (Å²) in [5.74, 6) is -1.54. The number of anilines is 1. The van der Waals surface area contributed by atoms with Crippen molar-refractivity contribution in [1.82, 2.24) is 15.0 Å². The molecule has 2 aromatic heterocycles. The van der Waals surface area contributed by atoms with Gasteiger partial charge < -0.3 is 24.4 Å². The highest BCUT2D eigenvalue weighted by molar-refractivity contribution is 7.92. The van der Waals surface area contributed by atoms with E-state index in [0.717, 1.165) is 5.56 Å². The number of aromatic carboxylic acids is 1. The van der Waals surface area contributed by atoms with Crippen molar-refractivity contribution in [3.63, 3.8) is 0 Å². The summed E-state index contributed by atoms with van der Waals surface area (Å²) < 4.78 is 46.7. The minimum Gasteiger partial charge on any atom is -0.493 e. The molecule has 2 heterocycles. The number of carboxylic acids is 1. The van der Waals surface area contributed by atoms with Gasteiger partial charge in [-0.15, -0.1) is 0 Å². The Morgan fingerprint density at radius 1 is 1.00 bits per heavy atom. The van der Waals surface area contributed by atoms with Crippen LogP contribution >= 0.6 is 0 Å². The second kappa shape index (κ2) is 12.4. The van der Waals surface area contributed by atoms with Gasteiger partial charge in [-0.3, -0.25) is 4.72 Å². The van der Waals surface area contributed by atoms with Gasteiger partial charge in [0.2, 0.25) is 5.75 Å². The summed E-state index contributed by atoms with van der Waals surface area (Å²) in [5, 5.41) is 18.9. The van der Waals surface area contributed by atoms with E-state index in [2.05, 4.69) is 19.7 Å². The number of aromatic nitrogens is 3. The largest absolute Gasteiger partial charge is 0.493 e. The van der Waals surface area contributed by atoms with E-state index in [-0.39, 0.29) is 63.8 Å². The van der Waals surface area contributed by atoms with Gasteiger partial charge in [-0.25, -0.2) is 23.2 Å². The molecule has 0 unspecified atom stereocenters.